The van der Waals surface area contributed by atoms with E-state index in [1.54, 1.807) is 17.9 Å². The third-order valence-electron chi connectivity index (χ3n) is 2.87. The lowest BCUT2D eigenvalue weighted by Gasteiger charge is -2.26. The first-order valence-corrected chi connectivity index (χ1v) is 7.19. The molecule has 3 N–H and O–H groups in total. The molecule has 6 nitrogen and oxygen atoms in total. The van der Waals surface area contributed by atoms with E-state index in [1.807, 2.05) is 27.7 Å². The smallest absolute Gasteiger partial charge is 0.354 e. The van der Waals surface area contributed by atoms with Gasteiger partial charge in [0, 0.05) is 18.8 Å². The molecular weight excluding hydrogens is 270 g/mol. The lowest BCUT2D eigenvalue weighted by Crippen LogP contribution is -2.40. The normalized spacial score (nSPS) is 11.0. The summed E-state index contributed by atoms with van der Waals surface area (Å²) < 4.78 is 0. The van der Waals surface area contributed by atoms with Gasteiger partial charge in [0.2, 0.25) is 0 Å². The minimum atomic E-state index is -1.09. The van der Waals surface area contributed by atoms with Crippen molar-refractivity contribution in [2.24, 2.45) is 11.8 Å². The van der Waals surface area contributed by atoms with Gasteiger partial charge in [0.25, 0.3) is 0 Å². The number of aromatic amines is 1. The standard InChI is InChI=1S/C15H25N3O3/c1-9(2)7-18(8-10(3)4)15(21)17-12-6-11(5)16-13(12)14(19)20/h6,9-10,16H,7-8H2,1-5H3,(H,17,21)(H,19,20). The number of aromatic carboxylic acids is 1. The molecule has 1 heterocycles. The zero-order chi connectivity index (χ0) is 16.2. The first-order valence-electron chi connectivity index (χ1n) is 7.19. The van der Waals surface area contributed by atoms with E-state index in [0.29, 0.717) is 36.3 Å². The van der Waals surface area contributed by atoms with E-state index in [-0.39, 0.29) is 11.7 Å². The lowest BCUT2D eigenvalue weighted by atomic mass is 10.1. The fraction of sp³-hybridized carbons (Fsp3) is 0.600. The first kappa shape index (κ1) is 17.1. The molecule has 0 atom stereocenters. The molecule has 6 heteroatoms. The van der Waals surface area contributed by atoms with E-state index < -0.39 is 5.97 Å². The van der Waals surface area contributed by atoms with Crippen molar-refractivity contribution in [1.29, 1.82) is 0 Å². The van der Waals surface area contributed by atoms with Crippen LogP contribution in [0.1, 0.15) is 43.9 Å². The van der Waals surface area contributed by atoms with Crippen molar-refractivity contribution < 1.29 is 14.7 Å². The van der Waals surface area contributed by atoms with Crippen LogP contribution in [0, 0.1) is 18.8 Å². The average Bonchev–Trinajstić information content (AvgIpc) is 2.68. The van der Waals surface area contributed by atoms with Gasteiger partial charge in [-0.25, -0.2) is 9.59 Å². The molecule has 0 saturated heterocycles. The molecule has 0 fully saturated rings. The Balaban J connectivity index is 2.88. The maximum Gasteiger partial charge on any atom is 0.354 e. The summed E-state index contributed by atoms with van der Waals surface area (Å²) in [5.41, 5.74) is 1.01. The molecule has 1 aromatic heterocycles. The molecule has 1 aromatic rings. The SMILES string of the molecule is Cc1cc(NC(=O)N(CC(C)C)CC(C)C)c(C(=O)O)[nH]1. The number of rotatable bonds is 6. The van der Waals surface area contributed by atoms with Crippen LogP contribution in [0.3, 0.4) is 0 Å². The summed E-state index contributed by atoms with van der Waals surface area (Å²) in [7, 11) is 0. The topological polar surface area (TPSA) is 85.4 Å². The lowest BCUT2D eigenvalue weighted by molar-refractivity contribution is 0.0692. The molecule has 0 radical (unpaired) electrons. The van der Waals surface area contributed by atoms with Gasteiger partial charge in [0.1, 0.15) is 5.69 Å². The van der Waals surface area contributed by atoms with Crippen LogP contribution in [0.15, 0.2) is 6.07 Å². The number of urea groups is 1. The second-order valence-electron chi connectivity index (χ2n) is 6.17. The molecule has 0 unspecified atom stereocenters. The van der Waals surface area contributed by atoms with Crippen LogP contribution >= 0.6 is 0 Å². The van der Waals surface area contributed by atoms with Gasteiger partial charge in [-0.3, -0.25) is 0 Å². The zero-order valence-corrected chi connectivity index (χ0v) is 13.4. The monoisotopic (exact) mass is 295 g/mol. The van der Waals surface area contributed by atoms with Gasteiger partial charge >= 0.3 is 12.0 Å². The number of carboxylic acid groups (broad SMARTS) is 1. The number of amides is 2. The van der Waals surface area contributed by atoms with Gasteiger partial charge in [0.15, 0.2) is 0 Å². The number of hydrogen-bond donors (Lipinski definition) is 3. The van der Waals surface area contributed by atoms with Crippen molar-refractivity contribution in [2.75, 3.05) is 18.4 Å². The quantitative estimate of drug-likeness (QED) is 0.753. The highest BCUT2D eigenvalue weighted by Crippen LogP contribution is 2.18. The van der Waals surface area contributed by atoms with E-state index in [9.17, 15) is 9.59 Å². The van der Waals surface area contributed by atoms with Crippen molar-refractivity contribution in [3.8, 4) is 0 Å². The van der Waals surface area contributed by atoms with Crippen molar-refractivity contribution in [2.45, 2.75) is 34.6 Å². The van der Waals surface area contributed by atoms with Crippen LogP contribution in [0.4, 0.5) is 10.5 Å². The van der Waals surface area contributed by atoms with Crippen LogP contribution in [-0.2, 0) is 0 Å². The first-order chi connectivity index (χ1) is 9.70. The number of hydrogen-bond acceptors (Lipinski definition) is 2. The predicted octanol–water partition coefficient (Wildman–Crippen LogP) is 3.17. The number of aromatic nitrogens is 1. The summed E-state index contributed by atoms with van der Waals surface area (Å²) in [4.78, 5) is 28.0. The molecule has 0 aromatic carbocycles. The van der Waals surface area contributed by atoms with Crippen LogP contribution in [0.25, 0.3) is 0 Å². The highest BCUT2D eigenvalue weighted by atomic mass is 16.4. The van der Waals surface area contributed by atoms with Crippen molar-refractivity contribution in [3.05, 3.63) is 17.5 Å². The van der Waals surface area contributed by atoms with Crippen LogP contribution < -0.4 is 5.32 Å². The molecule has 0 bridgehead atoms. The van der Waals surface area contributed by atoms with Gasteiger partial charge in [-0.15, -0.1) is 0 Å². The van der Waals surface area contributed by atoms with Crippen LogP contribution in [0.5, 0.6) is 0 Å². The van der Waals surface area contributed by atoms with E-state index in [1.165, 1.54) is 0 Å². The molecule has 0 aliphatic heterocycles. The van der Waals surface area contributed by atoms with Gasteiger partial charge in [-0.1, -0.05) is 27.7 Å². The number of nitrogens with zero attached hydrogens (tertiary/aromatic N) is 1. The second kappa shape index (κ2) is 7.15. The number of anilines is 1. The van der Waals surface area contributed by atoms with Gasteiger partial charge in [-0.2, -0.15) is 0 Å². The Morgan fingerprint density at radius 1 is 1.24 bits per heavy atom. The van der Waals surface area contributed by atoms with Gasteiger partial charge in [0.05, 0.1) is 5.69 Å². The largest absolute Gasteiger partial charge is 0.477 e. The van der Waals surface area contributed by atoms with E-state index in [4.69, 9.17) is 5.11 Å². The fourth-order valence-electron chi connectivity index (χ4n) is 2.17. The highest BCUT2D eigenvalue weighted by Gasteiger charge is 2.20. The Morgan fingerprint density at radius 3 is 2.19 bits per heavy atom. The maximum absolute atomic E-state index is 12.4. The Bertz CT molecular complexity index is 496. The number of carbonyl (C=O) groups excluding carboxylic acids is 1. The molecule has 2 amide bonds. The molecule has 0 aliphatic rings. The maximum atomic E-state index is 12.4. The highest BCUT2D eigenvalue weighted by molar-refractivity contribution is 5.99. The summed E-state index contributed by atoms with van der Waals surface area (Å²) >= 11 is 0. The number of carbonyl (C=O) groups is 2. The predicted molar refractivity (Wildman–Crippen MR) is 82.8 cm³/mol. The molecule has 0 saturated carbocycles. The Kier molecular flexibility index (Phi) is 5.81. The van der Waals surface area contributed by atoms with Crippen LogP contribution in [0.2, 0.25) is 0 Å². The number of aryl methyl sites for hydroxylation is 1. The minimum absolute atomic E-state index is 0.00916. The summed E-state index contributed by atoms with van der Waals surface area (Å²) in [6, 6.07) is 1.36. The summed E-state index contributed by atoms with van der Waals surface area (Å²) in [5.74, 6) is -0.388. The van der Waals surface area contributed by atoms with Gasteiger partial charge < -0.3 is 20.3 Å². The molecule has 0 aliphatic carbocycles. The third-order valence-corrected chi connectivity index (χ3v) is 2.87. The molecule has 118 valence electrons. The van der Waals surface area contributed by atoms with Crippen molar-refractivity contribution in [3.63, 3.8) is 0 Å². The van der Waals surface area contributed by atoms with Crippen molar-refractivity contribution in [1.82, 2.24) is 9.88 Å². The fourth-order valence-corrected chi connectivity index (χ4v) is 2.17. The molecule has 21 heavy (non-hydrogen) atoms. The summed E-state index contributed by atoms with van der Waals surface area (Å²) in [5, 5.41) is 11.8. The number of nitrogens with one attached hydrogen (secondary N) is 2. The minimum Gasteiger partial charge on any atom is -0.477 e. The molecule has 0 spiro atoms. The second-order valence-corrected chi connectivity index (χ2v) is 6.17. The van der Waals surface area contributed by atoms with E-state index in [2.05, 4.69) is 10.3 Å². The third kappa shape index (κ3) is 5.13. The van der Waals surface area contributed by atoms with Crippen LogP contribution in [-0.4, -0.2) is 40.1 Å². The Hall–Kier alpha value is -1.98. The Labute approximate surface area is 125 Å². The summed E-state index contributed by atoms with van der Waals surface area (Å²) in [6.07, 6.45) is 0. The van der Waals surface area contributed by atoms with Gasteiger partial charge in [-0.05, 0) is 24.8 Å². The summed E-state index contributed by atoms with van der Waals surface area (Å²) in [6.45, 7) is 11.2. The average molecular weight is 295 g/mol. The molecule has 1 rings (SSSR count). The number of H-pyrrole nitrogens is 1. The Morgan fingerprint density at radius 2 is 1.76 bits per heavy atom. The van der Waals surface area contributed by atoms with Crippen molar-refractivity contribution >= 4 is 17.7 Å². The number of carboxylic acids is 1. The van der Waals surface area contributed by atoms with E-state index in [0.717, 1.165) is 0 Å². The zero-order valence-electron chi connectivity index (χ0n) is 13.4. The van der Waals surface area contributed by atoms with E-state index >= 15 is 0 Å². The molecular formula is C15H25N3O3.